The molecule has 1 aliphatic heterocycles. The molecule has 0 aromatic heterocycles. The van der Waals surface area contributed by atoms with Crippen molar-refractivity contribution in [3.05, 3.63) is 28.2 Å². The lowest BCUT2D eigenvalue weighted by atomic mass is 10.2. The van der Waals surface area contributed by atoms with Crippen molar-refractivity contribution in [2.45, 2.75) is 17.4 Å². The van der Waals surface area contributed by atoms with Gasteiger partial charge in [-0.15, -0.1) is 0 Å². The van der Waals surface area contributed by atoms with Crippen LogP contribution in [0.5, 0.6) is 0 Å². The van der Waals surface area contributed by atoms with E-state index in [0.717, 1.165) is 6.07 Å². The van der Waals surface area contributed by atoms with Gasteiger partial charge >= 0.3 is 11.9 Å². The van der Waals surface area contributed by atoms with Gasteiger partial charge in [0.25, 0.3) is 10.0 Å². The number of nitrogens with zero attached hydrogens (tertiary/aromatic N) is 1. The minimum Gasteiger partial charge on any atom is -0.463 e. The average Bonchev–Trinajstić information content (AvgIpc) is 2.91. The molecule has 0 amide bonds. The van der Waals surface area contributed by atoms with Crippen molar-refractivity contribution in [3.63, 3.8) is 0 Å². The summed E-state index contributed by atoms with van der Waals surface area (Å²) >= 11 is 3.16. The van der Waals surface area contributed by atoms with E-state index in [-0.39, 0.29) is 23.5 Å². The van der Waals surface area contributed by atoms with Gasteiger partial charge in [0.05, 0.1) is 24.2 Å². The van der Waals surface area contributed by atoms with E-state index in [1.54, 1.807) is 0 Å². The van der Waals surface area contributed by atoms with E-state index in [9.17, 15) is 18.0 Å². The molecule has 0 spiro atoms. The number of ether oxygens (including phenoxy) is 2. The molecule has 1 aliphatic rings. The summed E-state index contributed by atoms with van der Waals surface area (Å²) in [5.74, 6) is -1.43. The number of halogens is 1. The molecular weight excluding hydrogens is 394 g/mol. The van der Waals surface area contributed by atoms with E-state index in [4.69, 9.17) is 9.47 Å². The van der Waals surface area contributed by atoms with Crippen LogP contribution in [-0.4, -0.2) is 51.7 Å². The highest BCUT2D eigenvalue weighted by Crippen LogP contribution is 2.25. The quantitative estimate of drug-likeness (QED) is 0.532. The van der Waals surface area contributed by atoms with Gasteiger partial charge in [0.15, 0.2) is 0 Å². The third-order valence-corrected chi connectivity index (χ3v) is 5.55. The standard InChI is InChI=1S/C13H14BrNO7S/c1-15(20-2)23(18,19)8-3-4-10(14)9(7-8)12(16)22-11-5-6-21-13(11)17/h3-4,7,11H,5-6H2,1-2H3/t11-/m0/s1. The zero-order valence-corrected chi connectivity index (χ0v) is 14.7. The van der Waals surface area contributed by atoms with E-state index >= 15 is 0 Å². The van der Waals surface area contributed by atoms with Crippen molar-refractivity contribution in [2.24, 2.45) is 0 Å². The van der Waals surface area contributed by atoms with Crippen molar-refractivity contribution in [1.82, 2.24) is 4.47 Å². The summed E-state index contributed by atoms with van der Waals surface area (Å²) in [6.45, 7) is 0.186. The fourth-order valence-electron chi connectivity index (χ4n) is 1.84. The van der Waals surface area contributed by atoms with E-state index in [2.05, 4.69) is 20.8 Å². The molecule has 1 atom stereocenters. The number of hydroxylamine groups is 1. The molecule has 2 rings (SSSR count). The molecule has 0 unspecified atom stereocenters. The first kappa shape index (κ1) is 17.9. The second kappa shape index (κ2) is 6.95. The van der Waals surface area contributed by atoms with Crippen LogP contribution >= 0.6 is 15.9 Å². The molecule has 10 heteroatoms. The summed E-state index contributed by atoms with van der Waals surface area (Å²) in [7, 11) is -1.48. The first-order valence-corrected chi connectivity index (χ1v) is 8.71. The SMILES string of the molecule is CON(C)S(=O)(=O)c1ccc(Br)c(C(=O)O[C@H]2CCOC2=O)c1. The third-order valence-electron chi connectivity index (χ3n) is 3.19. The maximum Gasteiger partial charge on any atom is 0.347 e. The number of sulfonamides is 1. The van der Waals surface area contributed by atoms with Gasteiger partial charge in [-0.3, -0.25) is 4.84 Å². The Morgan fingerprint density at radius 2 is 2.13 bits per heavy atom. The number of carbonyl (C=O) groups is 2. The van der Waals surface area contributed by atoms with Crippen LogP contribution in [-0.2, 0) is 29.1 Å². The fourth-order valence-corrected chi connectivity index (χ4v) is 3.25. The molecule has 1 saturated heterocycles. The van der Waals surface area contributed by atoms with Crippen LogP contribution in [0.15, 0.2) is 27.6 Å². The summed E-state index contributed by atoms with van der Waals surface area (Å²) in [5, 5.41) is 0. The molecule has 0 radical (unpaired) electrons. The fraction of sp³-hybridized carbons (Fsp3) is 0.385. The van der Waals surface area contributed by atoms with E-state index < -0.39 is 28.1 Å². The van der Waals surface area contributed by atoms with Gasteiger partial charge in [-0.2, -0.15) is 0 Å². The predicted molar refractivity (Wildman–Crippen MR) is 80.9 cm³/mol. The third kappa shape index (κ3) is 3.71. The van der Waals surface area contributed by atoms with Crippen LogP contribution in [0.2, 0.25) is 0 Å². The number of esters is 2. The Hall–Kier alpha value is -1.49. The second-order valence-corrected chi connectivity index (χ2v) is 7.38. The molecule has 1 aromatic carbocycles. The molecule has 1 fully saturated rings. The molecular formula is C13H14BrNO7S. The van der Waals surface area contributed by atoms with Crippen molar-refractivity contribution in [3.8, 4) is 0 Å². The number of carbonyl (C=O) groups excluding carboxylic acids is 2. The number of hydrogen-bond donors (Lipinski definition) is 0. The molecule has 23 heavy (non-hydrogen) atoms. The van der Waals surface area contributed by atoms with Crippen molar-refractivity contribution in [1.29, 1.82) is 0 Å². The van der Waals surface area contributed by atoms with Crippen LogP contribution in [0, 0.1) is 0 Å². The van der Waals surface area contributed by atoms with E-state index in [1.807, 2.05) is 0 Å². The van der Waals surface area contributed by atoms with Gasteiger partial charge in [0.1, 0.15) is 0 Å². The molecule has 0 saturated carbocycles. The maximum absolute atomic E-state index is 12.2. The highest BCUT2D eigenvalue weighted by molar-refractivity contribution is 9.10. The van der Waals surface area contributed by atoms with Crippen LogP contribution in [0.3, 0.4) is 0 Å². The lowest BCUT2D eigenvalue weighted by Gasteiger charge is -2.15. The van der Waals surface area contributed by atoms with Gasteiger partial charge in [0, 0.05) is 17.9 Å². The number of benzene rings is 1. The number of hydrogen-bond acceptors (Lipinski definition) is 7. The number of cyclic esters (lactones) is 1. The molecule has 8 nitrogen and oxygen atoms in total. The number of rotatable bonds is 5. The van der Waals surface area contributed by atoms with Crippen LogP contribution in [0.25, 0.3) is 0 Å². The molecule has 126 valence electrons. The van der Waals surface area contributed by atoms with Gasteiger partial charge in [0.2, 0.25) is 6.10 Å². The predicted octanol–water partition coefficient (Wildman–Crippen LogP) is 1.10. The van der Waals surface area contributed by atoms with Crippen LogP contribution < -0.4 is 0 Å². The second-order valence-electron chi connectivity index (χ2n) is 4.59. The minimum absolute atomic E-state index is 0.0183. The summed E-state index contributed by atoms with van der Waals surface area (Å²) < 4.78 is 35.2. The van der Waals surface area contributed by atoms with E-state index in [1.165, 1.54) is 26.3 Å². The zero-order chi connectivity index (χ0) is 17.2. The van der Waals surface area contributed by atoms with Crippen LogP contribution in [0.4, 0.5) is 0 Å². The summed E-state index contributed by atoms with van der Waals surface area (Å²) in [6.07, 6.45) is -0.705. The van der Waals surface area contributed by atoms with E-state index in [0.29, 0.717) is 8.94 Å². The lowest BCUT2D eigenvalue weighted by Crippen LogP contribution is -2.26. The molecule has 0 aliphatic carbocycles. The van der Waals surface area contributed by atoms with Crippen molar-refractivity contribution in [2.75, 3.05) is 20.8 Å². The maximum atomic E-state index is 12.2. The first-order valence-electron chi connectivity index (χ1n) is 6.47. The smallest absolute Gasteiger partial charge is 0.347 e. The van der Waals surface area contributed by atoms with Gasteiger partial charge in [-0.1, -0.05) is 4.47 Å². The summed E-state index contributed by atoms with van der Waals surface area (Å²) in [6, 6.07) is 3.87. The zero-order valence-electron chi connectivity index (χ0n) is 12.3. The lowest BCUT2D eigenvalue weighted by molar-refractivity contribution is -0.145. The van der Waals surface area contributed by atoms with Crippen molar-refractivity contribution >= 4 is 37.9 Å². The average molecular weight is 408 g/mol. The van der Waals surface area contributed by atoms with Gasteiger partial charge in [-0.25, -0.2) is 18.0 Å². The summed E-state index contributed by atoms with van der Waals surface area (Å²) in [5.41, 5.74) is -0.0183. The van der Waals surface area contributed by atoms with Crippen molar-refractivity contribution < 1.29 is 32.3 Å². The first-order chi connectivity index (χ1) is 10.8. The highest BCUT2D eigenvalue weighted by atomic mass is 79.9. The Morgan fingerprint density at radius 3 is 2.70 bits per heavy atom. The Morgan fingerprint density at radius 1 is 1.43 bits per heavy atom. The highest BCUT2D eigenvalue weighted by Gasteiger charge is 2.31. The Balaban J connectivity index is 2.30. The minimum atomic E-state index is -3.91. The molecule has 1 aromatic rings. The van der Waals surface area contributed by atoms with Gasteiger partial charge in [-0.05, 0) is 34.1 Å². The molecule has 0 N–H and O–H groups in total. The Labute approximate surface area is 141 Å². The summed E-state index contributed by atoms with van der Waals surface area (Å²) in [4.78, 5) is 28.1. The van der Waals surface area contributed by atoms with Gasteiger partial charge < -0.3 is 9.47 Å². The Bertz CT molecular complexity index is 734. The molecule has 1 heterocycles. The topological polar surface area (TPSA) is 99.2 Å². The Kier molecular flexibility index (Phi) is 5.40. The molecule has 0 bridgehead atoms. The monoisotopic (exact) mass is 407 g/mol. The van der Waals surface area contributed by atoms with Crippen LogP contribution in [0.1, 0.15) is 16.8 Å². The largest absolute Gasteiger partial charge is 0.463 e. The normalized spacial score (nSPS) is 18.1.